The molecule has 112 valence electrons. The number of morpholine rings is 1. The third-order valence-electron chi connectivity index (χ3n) is 3.27. The number of halogens is 2. The van der Waals surface area contributed by atoms with Crippen molar-refractivity contribution in [1.29, 1.82) is 0 Å². The summed E-state index contributed by atoms with van der Waals surface area (Å²) in [7, 11) is 0. The van der Waals surface area contributed by atoms with Crippen molar-refractivity contribution in [2.24, 2.45) is 0 Å². The van der Waals surface area contributed by atoms with Gasteiger partial charge in [0.25, 0.3) is 0 Å². The van der Waals surface area contributed by atoms with Gasteiger partial charge in [-0.25, -0.2) is 0 Å². The van der Waals surface area contributed by atoms with E-state index in [-0.39, 0.29) is 0 Å². The van der Waals surface area contributed by atoms with Crippen LogP contribution in [0.5, 0.6) is 5.75 Å². The molecule has 2 unspecified atom stereocenters. The Labute approximate surface area is 134 Å². The summed E-state index contributed by atoms with van der Waals surface area (Å²) < 4.78 is 12.4. The molecule has 0 radical (unpaired) electrons. The zero-order valence-electron chi connectivity index (χ0n) is 11.9. The molecular weight excluding hydrogens is 342 g/mol. The van der Waals surface area contributed by atoms with E-state index in [4.69, 9.17) is 21.1 Å². The average Bonchev–Trinajstić information content (AvgIpc) is 2.35. The Morgan fingerprint density at radius 3 is 2.70 bits per heavy atom. The molecule has 1 aliphatic heterocycles. The molecule has 0 aromatic heterocycles. The Morgan fingerprint density at radius 1 is 1.35 bits per heavy atom. The summed E-state index contributed by atoms with van der Waals surface area (Å²) in [6.45, 7) is 7.97. The number of nitrogens with zero attached hydrogens (tertiary/aromatic N) is 1. The van der Waals surface area contributed by atoms with Crippen LogP contribution in [0.4, 0.5) is 0 Å². The van der Waals surface area contributed by atoms with E-state index in [9.17, 15) is 0 Å². The molecule has 1 aromatic rings. The predicted molar refractivity (Wildman–Crippen MR) is 85.7 cm³/mol. The van der Waals surface area contributed by atoms with Gasteiger partial charge in [0.2, 0.25) is 0 Å². The third-order valence-corrected chi connectivity index (χ3v) is 4.05. The minimum atomic E-state index is 0.320. The first-order valence-corrected chi connectivity index (χ1v) is 8.17. The molecule has 0 N–H and O–H groups in total. The van der Waals surface area contributed by atoms with Crippen molar-refractivity contribution in [2.75, 3.05) is 26.2 Å². The second kappa shape index (κ2) is 7.64. The van der Waals surface area contributed by atoms with Gasteiger partial charge in [-0.3, -0.25) is 4.90 Å². The molecule has 0 amide bonds. The first kappa shape index (κ1) is 16.1. The fourth-order valence-corrected chi connectivity index (χ4v) is 3.26. The molecule has 0 aliphatic carbocycles. The summed E-state index contributed by atoms with van der Waals surface area (Å²) in [5.41, 5.74) is 0. The number of rotatable bonds is 5. The first-order valence-electron chi connectivity index (χ1n) is 7.00. The highest BCUT2D eigenvalue weighted by molar-refractivity contribution is 9.10. The monoisotopic (exact) mass is 361 g/mol. The van der Waals surface area contributed by atoms with Gasteiger partial charge in [0.05, 0.1) is 23.8 Å². The summed E-state index contributed by atoms with van der Waals surface area (Å²) in [6.07, 6.45) is 1.63. The third kappa shape index (κ3) is 4.92. The highest BCUT2D eigenvalue weighted by Crippen LogP contribution is 2.27. The second-order valence-corrected chi connectivity index (χ2v) is 6.62. The normalized spacial score (nSPS) is 23.8. The van der Waals surface area contributed by atoms with E-state index in [0.29, 0.717) is 23.8 Å². The van der Waals surface area contributed by atoms with Crippen molar-refractivity contribution in [1.82, 2.24) is 4.90 Å². The van der Waals surface area contributed by atoms with Crippen LogP contribution in [-0.2, 0) is 4.74 Å². The maximum Gasteiger partial charge on any atom is 0.137 e. The summed E-state index contributed by atoms with van der Waals surface area (Å²) in [5.74, 6) is 0.749. The molecule has 1 saturated heterocycles. The van der Waals surface area contributed by atoms with E-state index in [1.807, 2.05) is 18.2 Å². The smallest absolute Gasteiger partial charge is 0.137 e. The van der Waals surface area contributed by atoms with Crippen LogP contribution in [0.1, 0.15) is 20.3 Å². The summed E-state index contributed by atoms with van der Waals surface area (Å²) in [5, 5.41) is 0.646. The van der Waals surface area contributed by atoms with Gasteiger partial charge in [0.15, 0.2) is 0 Å². The second-order valence-electron chi connectivity index (χ2n) is 5.29. The SMILES string of the molecule is CC1CN(CCCOc2ccc(Br)cc2Cl)CC(C)O1. The quantitative estimate of drug-likeness (QED) is 0.740. The van der Waals surface area contributed by atoms with Gasteiger partial charge in [0.1, 0.15) is 5.75 Å². The molecule has 1 fully saturated rings. The summed E-state index contributed by atoms with van der Waals surface area (Å²) >= 11 is 9.50. The molecule has 20 heavy (non-hydrogen) atoms. The van der Waals surface area contributed by atoms with Crippen LogP contribution < -0.4 is 4.74 Å². The van der Waals surface area contributed by atoms with Gasteiger partial charge < -0.3 is 9.47 Å². The summed E-state index contributed by atoms with van der Waals surface area (Å²) in [4.78, 5) is 2.44. The van der Waals surface area contributed by atoms with E-state index < -0.39 is 0 Å². The van der Waals surface area contributed by atoms with Gasteiger partial charge in [-0.05, 0) is 38.5 Å². The van der Waals surface area contributed by atoms with E-state index in [2.05, 4.69) is 34.7 Å². The average molecular weight is 363 g/mol. The lowest BCUT2D eigenvalue weighted by atomic mass is 10.2. The highest BCUT2D eigenvalue weighted by atomic mass is 79.9. The molecule has 1 heterocycles. The maximum absolute atomic E-state index is 6.11. The van der Waals surface area contributed by atoms with Gasteiger partial charge in [-0.15, -0.1) is 0 Å². The van der Waals surface area contributed by atoms with Gasteiger partial charge in [-0.1, -0.05) is 27.5 Å². The number of hydrogen-bond donors (Lipinski definition) is 0. The van der Waals surface area contributed by atoms with Crippen molar-refractivity contribution in [2.45, 2.75) is 32.5 Å². The van der Waals surface area contributed by atoms with E-state index >= 15 is 0 Å². The molecule has 2 rings (SSSR count). The van der Waals surface area contributed by atoms with Crippen molar-refractivity contribution >= 4 is 27.5 Å². The van der Waals surface area contributed by atoms with Crippen molar-refractivity contribution in [3.63, 3.8) is 0 Å². The Kier molecular flexibility index (Phi) is 6.15. The van der Waals surface area contributed by atoms with Crippen LogP contribution in [-0.4, -0.2) is 43.3 Å². The first-order chi connectivity index (χ1) is 9.54. The molecule has 0 saturated carbocycles. The highest BCUT2D eigenvalue weighted by Gasteiger charge is 2.21. The fourth-order valence-electron chi connectivity index (χ4n) is 2.53. The predicted octanol–water partition coefficient (Wildman–Crippen LogP) is 3.98. The van der Waals surface area contributed by atoms with Crippen LogP contribution in [0.15, 0.2) is 22.7 Å². The molecular formula is C15H21BrClNO2. The van der Waals surface area contributed by atoms with Gasteiger partial charge in [-0.2, -0.15) is 0 Å². The number of ether oxygens (including phenoxy) is 2. The largest absolute Gasteiger partial charge is 0.492 e. The Balaban J connectivity index is 1.71. The Bertz CT molecular complexity index is 434. The van der Waals surface area contributed by atoms with Crippen LogP contribution in [0, 0.1) is 0 Å². The molecule has 3 nitrogen and oxygen atoms in total. The minimum Gasteiger partial charge on any atom is -0.492 e. The number of benzene rings is 1. The van der Waals surface area contributed by atoms with Crippen LogP contribution in [0.25, 0.3) is 0 Å². The maximum atomic E-state index is 6.11. The van der Waals surface area contributed by atoms with Gasteiger partial charge in [0, 0.05) is 24.1 Å². The van der Waals surface area contributed by atoms with E-state index in [1.54, 1.807) is 0 Å². The molecule has 5 heteroatoms. The molecule has 0 spiro atoms. The Morgan fingerprint density at radius 2 is 2.05 bits per heavy atom. The number of hydrogen-bond acceptors (Lipinski definition) is 3. The van der Waals surface area contributed by atoms with Crippen LogP contribution in [0.3, 0.4) is 0 Å². The van der Waals surface area contributed by atoms with E-state index in [0.717, 1.165) is 36.3 Å². The molecule has 2 atom stereocenters. The standard InChI is InChI=1S/C15H21BrClNO2/c1-11-9-18(10-12(2)20-11)6-3-7-19-15-5-4-13(16)8-14(15)17/h4-5,8,11-12H,3,6-7,9-10H2,1-2H3. The molecule has 1 aliphatic rings. The zero-order valence-corrected chi connectivity index (χ0v) is 14.3. The Hall–Kier alpha value is -0.290. The lowest BCUT2D eigenvalue weighted by Gasteiger charge is -2.35. The van der Waals surface area contributed by atoms with Crippen molar-refractivity contribution < 1.29 is 9.47 Å². The fraction of sp³-hybridized carbons (Fsp3) is 0.600. The topological polar surface area (TPSA) is 21.7 Å². The lowest BCUT2D eigenvalue weighted by molar-refractivity contribution is -0.0686. The summed E-state index contributed by atoms with van der Waals surface area (Å²) in [6, 6.07) is 5.68. The van der Waals surface area contributed by atoms with Crippen LogP contribution >= 0.6 is 27.5 Å². The minimum absolute atomic E-state index is 0.320. The van der Waals surface area contributed by atoms with E-state index in [1.165, 1.54) is 0 Å². The lowest BCUT2D eigenvalue weighted by Crippen LogP contribution is -2.45. The molecule has 0 bridgehead atoms. The molecule has 1 aromatic carbocycles. The van der Waals surface area contributed by atoms with Crippen molar-refractivity contribution in [3.05, 3.63) is 27.7 Å². The zero-order chi connectivity index (χ0) is 14.5. The van der Waals surface area contributed by atoms with Crippen molar-refractivity contribution in [3.8, 4) is 5.75 Å². The van der Waals surface area contributed by atoms with Crippen LogP contribution in [0.2, 0.25) is 5.02 Å². The van der Waals surface area contributed by atoms with Gasteiger partial charge >= 0.3 is 0 Å².